The number of carbonyl (C=O) groups is 1. The lowest BCUT2D eigenvalue weighted by molar-refractivity contribution is -0.139. The molecule has 0 aliphatic carbocycles. The van der Waals surface area contributed by atoms with Crippen LogP contribution in [0.4, 0.5) is 0 Å². The van der Waals surface area contributed by atoms with Crippen LogP contribution in [-0.4, -0.2) is 29.9 Å². The molecule has 1 aromatic carbocycles. The Hall–Kier alpha value is -1.00. The molecule has 1 aromatic rings. The topological polar surface area (TPSA) is 49.3 Å². The van der Waals surface area contributed by atoms with Crippen LogP contribution < -0.4 is 5.32 Å². The number of likely N-dealkylation sites (N-methyl/N-ethyl adjacent to an activating group) is 1. The van der Waals surface area contributed by atoms with Crippen molar-refractivity contribution in [3.8, 4) is 0 Å². The van der Waals surface area contributed by atoms with Crippen LogP contribution in [0.15, 0.2) is 29.2 Å². The molecule has 0 amide bonds. The van der Waals surface area contributed by atoms with Gasteiger partial charge in [-0.1, -0.05) is 18.2 Å². The van der Waals surface area contributed by atoms with Gasteiger partial charge in [0.15, 0.2) is 0 Å². The SMILES string of the molecule is CNC(CCSc1ccccc1C)C(=O)O. The monoisotopic (exact) mass is 239 g/mol. The van der Waals surface area contributed by atoms with E-state index in [-0.39, 0.29) is 0 Å². The molecule has 1 atom stereocenters. The zero-order valence-corrected chi connectivity index (χ0v) is 10.4. The summed E-state index contributed by atoms with van der Waals surface area (Å²) in [4.78, 5) is 12.0. The van der Waals surface area contributed by atoms with E-state index in [0.29, 0.717) is 6.42 Å². The van der Waals surface area contributed by atoms with Gasteiger partial charge in [0, 0.05) is 10.6 Å². The zero-order valence-electron chi connectivity index (χ0n) is 9.56. The van der Waals surface area contributed by atoms with Crippen molar-refractivity contribution < 1.29 is 9.90 Å². The van der Waals surface area contributed by atoms with Gasteiger partial charge in [0.05, 0.1) is 0 Å². The van der Waals surface area contributed by atoms with E-state index in [1.807, 2.05) is 12.1 Å². The fraction of sp³-hybridized carbons (Fsp3) is 0.417. The number of thioether (sulfide) groups is 1. The number of nitrogens with one attached hydrogen (secondary N) is 1. The summed E-state index contributed by atoms with van der Waals surface area (Å²) in [6.45, 7) is 2.06. The molecule has 16 heavy (non-hydrogen) atoms. The minimum atomic E-state index is -0.784. The molecule has 0 spiro atoms. The van der Waals surface area contributed by atoms with Crippen LogP contribution in [0.25, 0.3) is 0 Å². The summed E-state index contributed by atoms with van der Waals surface area (Å²) in [7, 11) is 1.68. The highest BCUT2D eigenvalue weighted by molar-refractivity contribution is 7.99. The van der Waals surface area contributed by atoms with Crippen molar-refractivity contribution in [3.05, 3.63) is 29.8 Å². The van der Waals surface area contributed by atoms with Crippen LogP contribution in [0, 0.1) is 6.92 Å². The molecule has 1 unspecified atom stereocenters. The number of hydrogen-bond acceptors (Lipinski definition) is 3. The first-order chi connectivity index (χ1) is 7.65. The van der Waals surface area contributed by atoms with Gasteiger partial charge >= 0.3 is 5.97 Å². The van der Waals surface area contributed by atoms with Gasteiger partial charge in [-0.15, -0.1) is 11.8 Å². The highest BCUT2D eigenvalue weighted by atomic mass is 32.2. The Kier molecular flexibility index (Phi) is 5.35. The molecule has 0 radical (unpaired) electrons. The lowest BCUT2D eigenvalue weighted by Gasteiger charge is -2.11. The third-order valence-electron chi connectivity index (χ3n) is 2.40. The molecule has 88 valence electrons. The van der Waals surface area contributed by atoms with Gasteiger partial charge in [0.25, 0.3) is 0 Å². The van der Waals surface area contributed by atoms with Crippen molar-refractivity contribution in [2.45, 2.75) is 24.3 Å². The van der Waals surface area contributed by atoms with E-state index in [4.69, 9.17) is 5.11 Å². The fourth-order valence-electron chi connectivity index (χ4n) is 1.40. The van der Waals surface area contributed by atoms with E-state index < -0.39 is 12.0 Å². The predicted octanol–water partition coefficient (Wildman–Crippen LogP) is 2.15. The normalized spacial score (nSPS) is 12.4. The standard InChI is InChI=1S/C12H17NO2S/c1-9-5-3-4-6-11(9)16-8-7-10(13-2)12(14)15/h3-6,10,13H,7-8H2,1-2H3,(H,14,15). The van der Waals surface area contributed by atoms with Crippen molar-refractivity contribution in [1.29, 1.82) is 0 Å². The lowest BCUT2D eigenvalue weighted by atomic mass is 10.2. The highest BCUT2D eigenvalue weighted by Crippen LogP contribution is 2.22. The molecule has 4 heteroatoms. The van der Waals surface area contributed by atoms with Crippen molar-refractivity contribution in [3.63, 3.8) is 0 Å². The minimum absolute atomic E-state index is 0.448. The summed E-state index contributed by atoms with van der Waals surface area (Å²) < 4.78 is 0. The first-order valence-electron chi connectivity index (χ1n) is 5.23. The Labute approximate surface area is 100 Å². The van der Waals surface area contributed by atoms with Gasteiger partial charge in [0.1, 0.15) is 6.04 Å². The smallest absolute Gasteiger partial charge is 0.320 e. The van der Waals surface area contributed by atoms with Gasteiger partial charge in [-0.05, 0) is 32.0 Å². The molecule has 0 heterocycles. The first kappa shape index (κ1) is 13.1. The van der Waals surface area contributed by atoms with E-state index in [1.165, 1.54) is 10.5 Å². The van der Waals surface area contributed by atoms with Crippen molar-refractivity contribution in [2.24, 2.45) is 0 Å². The molecule has 0 saturated carbocycles. The van der Waals surface area contributed by atoms with Crippen LogP contribution >= 0.6 is 11.8 Å². The Bertz CT molecular complexity index is 355. The van der Waals surface area contributed by atoms with E-state index in [2.05, 4.69) is 24.4 Å². The molecule has 1 rings (SSSR count). The molecule has 3 nitrogen and oxygen atoms in total. The maximum Gasteiger partial charge on any atom is 0.320 e. The van der Waals surface area contributed by atoms with Gasteiger partial charge in [-0.2, -0.15) is 0 Å². The molecule has 0 saturated heterocycles. The highest BCUT2D eigenvalue weighted by Gasteiger charge is 2.14. The minimum Gasteiger partial charge on any atom is -0.480 e. The number of aryl methyl sites for hydroxylation is 1. The second kappa shape index (κ2) is 6.55. The van der Waals surface area contributed by atoms with Crippen LogP contribution in [0.1, 0.15) is 12.0 Å². The van der Waals surface area contributed by atoms with E-state index in [0.717, 1.165) is 5.75 Å². The summed E-state index contributed by atoms with van der Waals surface area (Å²) >= 11 is 1.70. The average Bonchev–Trinajstić information content (AvgIpc) is 2.26. The average molecular weight is 239 g/mol. The third kappa shape index (κ3) is 3.87. The number of carboxylic acid groups (broad SMARTS) is 1. The second-order valence-corrected chi connectivity index (χ2v) is 4.72. The zero-order chi connectivity index (χ0) is 12.0. The molecule has 0 bridgehead atoms. The molecule has 0 aromatic heterocycles. The van der Waals surface area contributed by atoms with Crippen molar-refractivity contribution in [1.82, 2.24) is 5.32 Å². The van der Waals surface area contributed by atoms with E-state index in [1.54, 1.807) is 18.8 Å². The largest absolute Gasteiger partial charge is 0.480 e. The summed E-state index contributed by atoms with van der Waals surface area (Å²) in [5.74, 6) is 0.0238. The number of benzene rings is 1. The molecule has 2 N–H and O–H groups in total. The molecular weight excluding hydrogens is 222 g/mol. The molecule has 0 aliphatic heterocycles. The number of rotatable bonds is 6. The number of carboxylic acids is 1. The van der Waals surface area contributed by atoms with Crippen molar-refractivity contribution >= 4 is 17.7 Å². The summed E-state index contributed by atoms with van der Waals surface area (Å²) in [6, 6.07) is 7.69. The van der Waals surface area contributed by atoms with Gasteiger partial charge in [-0.3, -0.25) is 4.79 Å². The van der Waals surface area contributed by atoms with Crippen LogP contribution in [-0.2, 0) is 4.79 Å². The Morgan fingerprint density at radius 2 is 2.19 bits per heavy atom. The molecule has 0 aliphatic rings. The number of aliphatic carboxylic acids is 1. The van der Waals surface area contributed by atoms with E-state index in [9.17, 15) is 4.79 Å². The van der Waals surface area contributed by atoms with E-state index >= 15 is 0 Å². The first-order valence-corrected chi connectivity index (χ1v) is 6.22. The van der Waals surface area contributed by atoms with Gasteiger partial charge in [0.2, 0.25) is 0 Å². The summed E-state index contributed by atoms with van der Waals surface area (Å²) in [6.07, 6.45) is 0.630. The maximum atomic E-state index is 10.8. The molecular formula is C12H17NO2S. The third-order valence-corrected chi connectivity index (χ3v) is 3.61. The van der Waals surface area contributed by atoms with Crippen molar-refractivity contribution in [2.75, 3.05) is 12.8 Å². The fourth-order valence-corrected chi connectivity index (χ4v) is 2.44. The molecule has 0 fully saturated rings. The Morgan fingerprint density at radius 3 is 2.75 bits per heavy atom. The Balaban J connectivity index is 2.41. The quantitative estimate of drug-likeness (QED) is 0.747. The summed E-state index contributed by atoms with van der Waals surface area (Å²) in [5.41, 5.74) is 1.24. The van der Waals surface area contributed by atoms with Crippen LogP contribution in [0.5, 0.6) is 0 Å². The Morgan fingerprint density at radius 1 is 1.50 bits per heavy atom. The summed E-state index contributed by atoms with van der Waals surface area (Å²) in [5, 5.41) is 11.6. The maximum absolute atomic E-state index is 10.8. The number of hydrogen-bond donors (Lipinski definition) is 2. The van der Waals surface area contributed by atoms with Gasteiger partial charge < -0.3 is 10.4 Å². The van der Waals surface area contributed by atoms with Gasteiger partial charge in [-0.25, -0.2) is 0 Å². The van der Waals surface area contributed by atoms with Crippen LogP contribution in [0.2, 0.25) is 0 Å². The predicted molar refractivity (Wildman–Crippen MR) is 67.0 cm³/mol. The van der Waals surface area contributed by atoms with Crippen LogP contribution in [0.3, 0.4) is 0 Å². The lowest BCUT2D eigenvalue weighted by Crippen LogP contribution is -2.34. The second-order valence-electron chi connectivity index (χ2n) is 3.58.